The zero-order valence-corrected chi connectivity index (χ0v) is 16.6. The zero-order valence-electron chi connectivity index (χ0n) is 16.6. The lowest BCUT2D eigenvalue weighted by Gasteiger charge is -2.11. The average molecular weight is 390 g/mol. The van der Waals surface area contributed by atoms with Crippen LogP contribution in [0, 0.1) is 5.92 Å². The van der Waals surface area contributed by atoms with E-state index in [0.717, 1.165) is 52.5 Å². The fourth-order valence-electron chi connectivity index (χ4n) is 3.34. The van der Waals surface area contributed by atoms with Gasteiger partial charge in [-0.15, -0.1) is 0 Å². The molecule has 29 heavy (non-hydrogen) atoms. The second-order valence-electron chi connectivity index (χ2n) is 7.36. The number of benzene rings is 2. The molecular formula is C24H26N2O3. The lowest BCUT2D eigenvalue weighted by molar-refractivity contribution is -0.116. The van der Waals surface area contributed by atoms with Crippen molar-refractivity contribution in [1.29, 1.82) is 0 Å². The molecule has 5 nitrogen and oxygen atoms in total. The summed E-state index contributed by atoms with van der Waals surface area (Å²) in [4.78, 5) is 15.4. The van der Waals surface area contributed by atoms with Gasteiger partial charge >= 0.3 is 0 Å². The third-order valence-corrected chi connectivity index (χ3v) is 5.18. The van der Waals surface area contributed by atoms with Crippen LogP contribution in [0.4, 0.5) is 0 Å². The summed E-state index contributed by atoms with van der Waals surface area (Å²) in [5.41, 5.74) is 3.01. The molecule has 2 aromatic carbocycles. The molecule has 4 rings (SSSR count). The fraction of sp³-hybridized carbons (Fsp3) is 0.292. The summed E-state index contributed by atoms with van der Waals surface area (Å²) in [7, 11) is 1.65. The first kappa shape index (κ1) is 19.1. The Bertz CT molecular complexity index is 1020. The van der Waals surface area contributed by atoms with Gasteiger partial charge in [-0.3, -0.25) is 4.79 Å². The zero-order chi connectivity index (χ0) is 20.1. The Balaban J connectivity index is 1.32. The molecule has 3 aromatic rings. The number of hydrogen-bond acceptors (Lipinski definition) is 3. The van der Waals surface area contributed by atoms with Crippen LogP contribution in [-0.4, -0.2) is 31.2 Å². The highest BCUT2D eigenvalue weighted by Crippen LogP contribution is 2.30. The molecule has 1 saturated carbocycles. The predicted octanol–water partition coefficient (Wildman–Crippen LogP) is 4.34. The number of ether oxygens (including phenoxy) is 2. The minimum atomic E-state index is -0.112. The molecule has 1 aliphatic carbocycles. The van der Waals surface area contributed by atoms with E-state index in [1.165, 1.54) is 12.8 Å². The van der Waals surface area contributed by atoms with Crippen molar-refractivity contribution < 1.29 is 14.3 Å². The van der Waals surface area contributed by atoms with Gasteiger partial charge in [-0.2, -0.15) is 0 Å². The highest BCUT2D eigenvalue weighted by molar-refractivity contribution is 5.97. The third-order valence-electron chi connectivity index (χ3n) is 5.18. The van der Waals surface area contributed by atoms with E-state index >= 15 is 0 Å². The number of amides is 1. The van der Waals surface area contributed by atoms with Crippen LogP contribution in [0.25, 0.3) is 17.0 Å². The number of para-hydroxylation sites is 2. The van der Waals surface area contributed by atoms with Gasteiger partial charge in [0.05, 0.1) is 19.2 Å². The quantitative estimate of drug-likeness (QED) is 0.534. The molecule has 1 aliphatic rings. The molecule has 0 unspecified atom stereocenters. The lowest BCUT2D eigenvalue weighted by atomic mass is 10.1. The number of fused-ring (bicyclic) bond motifs is 1. The van der Waals surface area contributed by atoms with Crippen molar-refractivity contribution in [3.05, 3.63) is 65.9 Å². The summed E-state index contributed by atoms with van der Waals surface area (Å²) >= 11 is 0. The maximum atomic E-state index is 12.2. The topological polar surface area (TPSA) is 63.4 Å². The van der Waals surface area contributed by atoms with Gasteiger partial charge in [-0.1, -0.05) is 30.3 Å². The first-order valence-electron chi connectivity index (χ1n) is 10.1. The highest BCUT2D eigenvalue weighted by Gasteiger charge is 2.22. The maximum Gasteiger partial charge on any atom is 0.244 e. The van der Waals surface area contributed by atoms with Crippen LogP contribution in [0.2, 0.25) is 0 Å². The molecule has 1 amide bonds. The Hall–Kier alpha value is -3.21. The van der Waals surface area contributed by atoms with E-state index in [9.17, 15) is 4.79 Å². The van der Waals surface area contributed by atoms with E-state index in [0.29, 0.717) is 6.54 Å². The molecule has 0 atom stereocenters. The molecule has 0 radical (unpaired) electrons. The number of rotatable bonds is 9. The second kappa shape index (κ2) is 8.86. The number of carbonyl (C=O) groups excluding carboxylic acids is 1. The fourth-order valence-corrected chi connectivity index (χ4v) is 3.34. The van der Waals surface area contributed by atoms with E-state index in [-0.39, 0.29) is 5.91 Å². The summed E-state index contributed by atoms with van der Waals surface area (Å²) in [5, 5.41) is 3.98. The predicted molar refractivity (Wildman–Crippen MR) is 115 cm³/mol. The minimum absolute atomic E-state index is 0.112. The molecule has 2 N–H and O–H groups in total. The van der Waals surface area contributed by atoms with E-state index in [2.05, 4.69) is 16.4 Å². The van der Waals surface area contributed by atoms with Crippen LogP contribution in [0.1, 0.15) is 24.0 Å². The Morgan fingerprint density at radius 2 is 2.00 bits per heavy atom. The lowest BCUT2D eigenvalue weighted by Crippen LogP contribution is -2.23. The summed E-state index contributed by atoms with van der Waals surface area (Å²) in [6.45, 7) is 1.36. The first-order valence-corrected chi connectivity index (χ1v) is 10.1. The number of carbonyl (C=O) groups is 1. The van der Waals surface area contributed by atoms with Crippen molar-refractivity contribution in [3.8, 4) is 11.5 Å². The van der Waals surface area contributed by atoms with Crippen molar-refractivity contribution in [3.63, 3.8) is 0 Å². The van der Waals surface area contributed by atoms with Crippen molar-refractivity contribution in [1.82, 2.24) is 10.3 Å². The van der Waals surface area contributed by atoms with Gasteiger partial charge in [0.25, 0.3) is 0 Å². The second-order valence-corrected chi connectivity index (χ2v) is 7.36. The largest absolute Gasteiger partial charge is 0.495 e. The summed E-state index contributed by atoms with van der Waals surface area (Å²) in [6.07, 6.45) is 8.55. The molecule has 5 heteroatoms. The summed E-state index contributed by atoms with van der Waals surface area (Å²) < 4.78 is 11.3. The third kappa shape index (κ3) is 4.80. The molecule has 1 fully saturated rings. The summed E-state index contributed by atoms with van der Waals surface area (Å²) in [6, 6.07) is 13.9. The van der Waals surface area contributed by atoms with Crippen LogP contribution >= 0.6 is 0 Å². The molecule has 1 heterocycles. The smallest absolute Gasteiger partial charge is 0.244 e. The van der Waals surface area contributed by atoms with Crippen molar-refractivity contribution in [2.24, 2.45) is 5.92 Å². The van der Waals surface area contributed by atoms with Gasteiger partial charge in [0.2, 0.25) is 5.91 Å². The van der Waals surface area contributed by atoms with E-state index in [1.807, 2.05) is 48.7 Å². The Kier molecular flexibility index (Phi) is 5.84. The van der Waals surface area contributed by atoms with Crippen molar-refractivity contribution >= 4 is 22.9 Å². The summed E-state index contributed by atoms with van der Waals surface area (Å²) in [5.74, 6) is 2.32. The van der Waals surface area contributed by atoms with Crippen LogP contribution in [-0.2, 0) is 11.2 Å². The molecule has 0 bridgehead atoms. The number of methoxy groups -OCH3 is 1. The standard InChI is InChI=1S/C24H26N2O3/c1-28-22-8-4-6-20-19(15-26-24(20)22)11-12-23(27)25-14-13-18-5-2-3-7-21(18)29-16-17-9-10-17/h2-8,11-12,15,17,26H,9-10,13-14,16H2,1H3,(H,25,27)/b12-11+. The van der Waals surface area contributed by atoms with Gasteiger partial charge in [0.1, 0.15) is 11.5 Å². The highest BCUT2D eigenvalue weighted by atomic mass is 16.5. The van der Waals surface area contributed by atoms with Gasteiger partial charge < -0.3 is 19.8 Å². The van der Waals surface area contributed by atoms with E-state index < -0.39 is 0 Å². The number of aromatic amines is 1. The average Bonchev–Trinajstić information content (AvgIpc) is 3.49. The normalized spacial score (nSPS) is 13.7. The van der Waals surface area contributed by atoms with Gasteiger partial charge in [-0.05, 0) is 49.0 Å². The molecule has 0 saturated heterocycles. The first-order chi connectivity index (χ1) is 14.2. The maximum absolute atomic E-state index is 12.2. The SMILES string of the molecule is COc1cccc2c(/C=C/C(=O)NCCc3ccccc3OCC3CC3)c[nH]c12. The Labute approximate surface area is 170 Å². The number of nitrogens with one attached hydrogen (secondary N) is 2. The molecule has 0 aliphatic heterocycles. The number of hydrogen-bond donors (Lipinski definition) is 2. The van der Waals surface area contributed by atoms with Crippen LogP contribution in [0.3, 0.4) is 0 Å². The minimum Gasteiger partial charge on any atom is -0.495 e. The molecule has 1 aromatic heterocycles. The van der Waals surface area contributed by atoms with Crippen LogP contribution in [0.15, 0.2) is 54.7 Å². The molecular weight excluding hydrogens is 364 g/mol. The number of aromatic nitrogens is 1. The Morgan fingerprint density at radius 1 is 1.17 bits per heavy atom. The molecule has 0 spiro atoms. The van der Waals surface area contributed by atoms with E-state index in [4.69, 9.17) is 9.47 Å². The van der Waals surface area contributed by atoms with Gasteiger partial charge in [0, 0.05) is 29.8 Å². The number of H-pyrrole nitrogens is 1. The van der Waals surface area contributed by atoms with E-state index in [1.54, 1.807) is 13.2 Å². The monoisotopic (exact) mass is 390 g/mol. The molecule has 150 valence electrons. The Morgan fingerprint density at radius 3 is 2.83 bits per heavy atom. The van der Waals surface area contributed by atoms with Gasteiger partial charge in [0.15, 0.2) is 0 Å². The van der Waals surface area contributed by atoms with Crippen molar-refractivity contribution in [2.45, 2.75) is 19.3 Å². The van der Waals surface area contributed by atoms with Crippen LogP contribution < -0.4 is 14.8 Å². The van der Waals surface area contributed by atoms with Gasteiger partial charge in [-0.25, -0.2) is 0 Å². The van der Waals surface area contributed by atoms with Crippen molar-refractivity contribution in [2.75, 3.05) is 20.3 Å². The van der Waals surface area contributed by atoms with Crippen LogP contribution in [0.5, 0.6) is 11.5 Å².